The minimum absolute atomic E-state index is 0.0557. The molecule has 0 heterocycles. The molecule has 1 rings (SSSR count). The number of nitrogens with two attached hydrogens (primary N) is 1. The van der Waals surface area contributed by atoms with Crippen LogP contribution < -0.4 is 15.8 Å². The zero-order valence-corrected chi connectivity index (χ0v) is 11.4. The highest BCUT2D eigenvalue weighted by atomic mass is 16.5. The summed E-state index contributed by atoms with van der Waals surface area (Å²) < 4.78 is 5.03. The van der Waals surface area contributed by atoms with E-state index in [-0.39, 0.29) is 12.5 Å². The molecule has 0 aromatic heterocycles. The number of carbonyl (C=O) groups excluding carboxylic acids is 2. The molecule has 0 aliphatic rings. The van der Waals surface area contributed by atoms with Gasteiger partial charge in [-0.3, -0.25) is 9.59 Å². The molecule has 1 aromatic carbocycles. The number of nitrogens with zero attached hydrogens (tertiary/aromatic N) is 1. The van der Waals surface area contributed by atoms with Crippen molar-refractivity contribution in [3.05, 3.63) is 23.8 Å². The summed E-state index contributed by atoms with van der Waals surface area (Å²) in [6, 6.07) is 4.80. The molecule has 1 aromatic rings. The molecule has 0 atom stereocenters. The maximum absolute atomic E-state index is 11.9. The first-order valence-electron chi connectivity index (χ1n) is 5.95. The molecule has 6 heteroatoms. The fraction of sp³-hybridized carbons (Fsp3) is 0.385. The Morgan fingerprint density at radius 1 is 1.42 bits per heavy atom. The molecule has 0 bridgehead atoms. The smallest absolute Gasteiger partial charge is 0.253 e. The Morgan fingerprint density at radius 3 is 2.68 bits per heavy atom. The number of methoxy groups -OCH3 is 1. The number of rotatable bonds is 5. The average Bonchev–Trinajstić information content (AvgIpc) is 2.43. The molecule has 0 saturated heterocycles. The van der Waals surface area contributed by atoms with Crippen LogP contribution in [0.1, 0.15) is 17.3 Å². The lowest BCUT2D eigenvalue weighted by Gasteiger charge is -2.15. The summed E-state index contributed by atoms with van der Waals surface area (Å²) >= 11 is 0. The Labute approximate surface area is 112 Å². The minimum atomic E-state index is -0.394. The molecule has 0 fully saturated rings. The van der Waals surface area contributed by atoms with Gasteiger partial charge in [0.05, 0.1) is 19.2 Å². The Hall–Kier alpha value is -2.24. The van der Waals surface area contributed by atoms with Crippen molar-refractivity contribution < 1.29 is 14.3 Å². The molecule has 3 N–H and O–H groups in total. The number of likely N-dealkylation sites (N-methyl/N-ethyl adjacent to an activating group) is 1. The zero-order valence-electron chi connectivity index (χ0n) is 11.4. The van der Waals surface area contributed by atoms with E-state index < -0.39 is 5.91 Å². The molecule has 0 aliphatic heterocycles. The van der Waals surface area contributed by atoms with Crippen LogP contribution in [-0.4, -0.2) is 44.0 Å². The molecule has 6 nitrogen and oxygen atoms in total. The van der Waals surface area contributed by atoms with E-state index in [0.717, 1.165) is 0 Å². The van der Waals surface area contributed by atoms with Gasteiger partial charge in [-0.25, -0.2) is 0 Å². The Balaban J connectivity index is 2.71. The number of hydrogen-bond donors (Lipinski definition) is 2. The zero-order chi connectivity index (χ0) is 14.4. The molecule has 0 aliphatic carbocycles. The highest BCUT2D eigenvalue weighted by Crippen LogP contribution is 2.19. The molecule has 0 unspecified atom stereocenters. The molecular formula is C13H19N3O3. The van der Waals surface area contributed by atoms with E-state index in [1.165, 1.54) is 12.0 Å². The first-order chi connectivity index (χ1) is 8.99. The van der Waals surface area contributed by atoms with Gasteiger partial charge in [0, 0.05) is 19.3 Å². The van der Waals surface area contributed by atoms with Gasteiger partial charge in [-0.1, -0.05) is 0 Å². The van der Waals surface area contributed by atoms with E-state index in [0.29, 0.717) is 23.5 Å². The number of amides is 2. The summed E-state index contributed by atoms with van der Waals surface area (Å²) in [6.45, 7) is 2.40. The number of benzene rings is 1. The summed E-state index contributed by atoms with van der Waals surface area (Å²) in [4.78, 5) is 25.0. The standard InChI is InChI=1S/C13H19N3O3/c1-4-16(2)12(17)8-15-13(18)10-7-9(19-3)5-6-11(10)14/h5-7H,4,8,14H2,1-3H3,(H,15,18). The number of ether oxygens (including phenoxy) is 1. The predicted octanol–water partition coefficient (Wildman–Crippen LogP) is 0.485. The molecule has 0 radical (unpaired) electrons. The quantitative estimate of drug-likeness (QED) is 0.759. The molecule has 104 valence electrons. The van der Waals surface area contributed by atoms with E-state index in [4.69, 9.17) is 10.5 Å². The average molecular weight is 265 g/mol. The SMILES string of the molecule is CCN(C)C(=O)CNC(=O)c1cc(OC)ccc1N. The van der Waals surface area contributed by atoms with Crippen LogP contribution in [0, 0.1) is 0 Å². The summed E-state index contributed by atoms with van der Waals surface area (Å²) in [5, 5.41) is 2.54. The van der Waals surface area contributed by atoms with Gasteiger partial charge in [0.1, 0.15) is 5.75 Å². The first-order valence-corrected chi connectivity index (χ1v) is 5.95. The number of hydrogen-bond acceptors (Lipinski definition) is 4. The first kappa shape index (κ1) is 14.8. The van der Waals surface area contributed by atoms with Gasteiger partial charge < -0.3 is 20.7 Å². The number of nitrogens with one attached hydrogen (secondary N) is 1. The molecule has 0 saturated carbocycles. The third-order valence-corrected chi connectivity index (χ3v) is 2.81. The lowest BCUT2D eigenvalue weighted by Crippen LogP contribution is -2.38. The maximum Gasteiger partial charge on any atom is 0.253 e. The Bertz CT molecular complexity index is 474. The highest BCUT2D eigenvalue weighted by Gasteiger charge is 2.13. The fourth-order valence-corrected chi connectivity index (χ4v) is 1.42. The predicted molar refractivity (Wildman–Crippen MR) is 73.1 cm³/mol. The monoisotopic (exact) mass is 265 g/mol. The van der Waals surface area contributed by atoms with E-state index in [9.17, 15) is 9.59 Å². The van der Waals surface area contributed by atoms with Crippen molar-refractivity contribution in [2.75, 3.05) is 33.0 Å². The van der Waals surface area contributed by atoms with Gasteiger partial charge in [0.15, 0.2) is 0 Å². The van der Waals surface area contributed by atoms with Gasteiger partial charge in [0.25, 0.3) is 5.91 Å². The molecular weight excluding hydrogens is 246 g/mol. The summed E-state index contributed by atoms with van der Waals surface area (Å²) in [7, 11) is 3.18. The van der Waals surface area contributed by atoms with Crippen LogP contribution in [0.5, 0.6) is 5.75 Å². The van der Waals surface area contributed by atoms with Crippen molar-refractivity contribution >= 4 is 17.5 Å². The fourth-order valence-electron chi connectivity index (χ4n) is 1.42. The van der Waals surface area contributed by atoms with Crippen LogP contribution in [-0.2, 0) is 4.79 Å². The van der Waals surface area contributed by atoms with Crippen molar-refractivity contribution in [1.29, 1.82) is 0 Å². The van der Waals surface area contributed by atoms with Crippen LogP contribution >= 0.6 is 0 Å². The number of anilines is 1. The van der Waals surface area contributed by atoms with Crippen LogP contribution in [0.15, 0.2) is 18.2 Å². The maximum atomic E-state index is 11.9. The Kier molecular flexibility index (Phi) is 5.17. The van der Waals surface area contributed by atoms with E-state index >= 15 is 0 Å². The normalized spacial score (nSPS) is 9.84. The molecule has 0 spiro atoms. The van der Waals surface area contributed by atoms with Crippen LogP contribution in [0.3, 0.4) is 0 Å². The van der Waals surface area contributed by atoms with Crippen molar-refractivity contribution in [2.45, 2.75) is 6.92 Å². The van der Waals surface area contributed by atoms with Crippen LogP contribution in [0.2, 0.25) is 0 Å². The van der Waals surface area contributed by atoms with Crippen LogP contribution in [0.25, 0.3) is 0 Å². The van der Waals surface area contributed by atoms with E-state index in [2.05, 4.69) is 5.32 Å². The third kappa shape index (κ3) is 3.87. The van der Waals surface area contributed by atoms with E-state index in [1.807, 2.05) is 6.92 Å². The van der Waals surface area contributed by atoms with Gasteiger partial charge in [0.2, 0.25) is 5.91 Å². The molecule has 19 heavy (non-hydrogen) atoms. The molecule has 2 amide bonds. The van der Waals surface area contributed by atoms with Crippen molar-refractivity contribution in [3.63, 3.8) is 0 Å². The Morgan fingerprint density at radius 2 is 2.11 bits per heavy atom. The van der Waals surface area contributed by atoms with Gasteiger partial charge in [-0.2, -0.15) is 0 Å². The van der Waals surface area contributed by atoms with E-state index in [1.54, 1.807) is 25.2 Å². The lowest BCUT2D eigenvalue weighted by molar-refractivity contribution is -0.128. The summed E-state index contributed by atoms with van der Waals surface area (Å²) in [6.07, 6.45) is 0. The lowest BCUT2D eigenvalue weighted by atomic mass is 10.1. The highest BCUT2D eigenvalue weighted by molar-refractivity contribution is 6.01. The van der Waals surface area contributed by atoms with Crippen LogP contribution in [0.4, 0.5) is 5.69 Å². The minimum Gasteiger partial charge on any atom is -0.497 e. The number of carbonyl (C=O) groups is 2. The second-order valence-electron chi connectivity index (χ2n) is 4.04. The van der Waals surface area contributed by atoms with Crippen molar-refractivity contribution in [3.8, 4) is 5.75 Å². The largest absolute Gasteiger partial charge is 0.497 e. The second-order valence-corrected chi connectivity index (χ2v) is 4.04. The van der Waals surface area contributed by atoms with Crippen molar-refractivity contribution in [2.24, 2.45) is 0 Å². The van der Waals surface area contributed by atoms with Crippen molar-refractivity contribution in [1.82, 2.24) is 10.2 Å². The van der Waals surface area contributed by atoms with Gasteiger partial charge in [-0.05, 0) is 25.1 Å². The third-order valence-electron chi connectivity index (χ3n) is 2.81. The number of nitrogen functional groups attached to an aromatic ring is 1. The second kappa shape index (κ2) is 6.63. The van der Waals surface area contributed by atoms with Gasteiger partial charge >= 0.3 is 0 Å². The topological polar surface area (TPSA) is 84.7 Å². The summed E-state index contributed by atoms with van der Waals surface area (Å²) in [5.41, 5.74) is 6.37. The summed E-state index contributed by atoms with van der Waals surface area (Å²) in [5.74, 6) is -0.0112. The van der Waals surface area contributed by atoms with Gasteiger partial charge in [-0.15, -0.1) is 0 Å².